The Labute approximate surface area is 138 Å². The third kappa shape index (κ3) is 6.93. The van der Waals surface area contributed by atoms with E-state index < -0.39 is 10.0 Å². The maximum atomic E-state index is 12.1. The van der Waals surface area contributed by atoms with Crippen LogP contribution in [0.5, 0.6) is 0 Å². The first-order valence-electron chi connectivity index (χ1n) is 8.01. The van der Waals surface area contributed by atoms with E-state index in [1.165, 1.54) is 43.5 Å². The maximum Gasteiger partial charge on any atom is 0.240 e. The Balaban J connectivity index is 2.47. The van der Waals surface area contributed by atoms with Crippen LogP contribution >= 0.6 is 0 Å². The van der Waals surface area contributed by atoms with Gasteiger partial charge in [0, 0.05) is 12.1 Å². The van der Waals surface area contributed by atoms with Gasteiger partial charge in [-0.2, -0.15) is 5.26 Å². The van der Waals surface area contributed by atoms with Gasteiger partial charge in [-0.15, -0.1) is 0 Å². The van der Waals surface area contributed by atoms with E-state index in [-0.39, 0.29) is 17.1 Å². The van der Waals surface area contributed by atoms with Gasteiger partial charge in [-0.3, -0.25) is 4.79 Å². The number of unbranched alkanes of at least 4 members (excludes halogenated alkanes) is 5. The zero-order valence-electron chi connectivity index (χ0n) is 13.5. The fraction of sp³-hybridized carbons (Fsp3) is 0.529. The molecule has 0 unspecified atom stereocenters. The molecule has 0 aliphatic rings. The van der Waals surface area contributed by atoms with E-state index in [4.69, 9.17) is 5.26 Å². The first kappa shape index (κ1) is 19.3. The Kier molecular flexibility index (Phi) is 8.52. The van der Waals surface area contributed by atoms with Gasteiger partial charge in [-0.05, 0) is 18.6 Å². The first-order chi connectivity index (χ1) is 11.0. The predicted octanol–water partition coefficient (Wildman–Crippen LogP) is 3.42. The summed E-state index contributed by atoms with van der Waals surface area (Å²) < 4.78 is 26.8. The molecule has 5 nitrogen and oxygen atoms in total. The van der Waals surface area contributed by atoms with E-state index in [1.54, 1.807) is 6.07 Å². The van der Waals surface area contributed by atoms with Crippen LogP contribution < -0.4 is 4.72 Å². The molecule has 0 aliphatic heterocycles. The molecule has 0 saturated heterocycles. The Bertz CT molecular complexity index is 631. The molecule has 0 fully saturated rings. The van der Waals surface area contributed by atoms with E-state index in [0.717, 1.165) is 19.3 Å². The third-order valence-corrected chi connectivity index (χ3v) is 5.03. The van der Waals surface area contributed by atoms with Crippen LogP contribution in [0, 0.1) is 11.3 Å². The second-order valence-corrected chi connectivity index (χ2v) is 7.21. The number of hydrogen-bond donors (Lipinski definition) is 1. The van der Waals surface area contributed by atoms with E-state index >= 15 is 0 Å². The Morgan fingerprint density at radius 1 is 1.09 bits per heavy atom. The fourth-order valence-corrected chi connectivity index (χ4v) is 3.26. The molecule has 23 heavy (non-hydrogen) atoms. The minimum atomic E-state index is -3.54. The highest BCUT2D eigenvalue weighted by molar-refractivity contribution is 7.89. The lowest BCUT2D eigenvalue weighted by atomic mass is 10.1. The van der Waals surface area contributed by atoms with Crippen molar-refractivity contribution < 1.29 is 13.2 Å². The monoisotopic (exact) mass is 336 g/mol. The number of nitriles is 1. The van der Waals surface area contributed by atoms with E-state index in [1.807, 2.05) is 0 Å². The largest absolute Gasteiger partial charge is 0.293 e. The lowest BCUT2D eigenvalue weighted by Gasteiger charge is -2.07. The second-order valence-electron chi connectivity index (χ2n) is 5.45. The number of carbonyl (C=O) groups excluding carboxylic acids is 1. The van der Waals surface area contributed by atoms with Gasteiger partial charge < -0.3 is 0 Å². The first-order valence-corrected chi connectivity index (χ1v) is 9.49. The summed E-state index contributed by atoms with van der Waals surface area (Å²) in [7, 11) is -3.54. The summed E-state index contributed by atoms with van der Waals surface area (Å²) in [5.41, 5.74) is 0.349. The van der Waals surface area contributed by atoms with Crippen LogP contribution in [0.1, 0.15) is 62.2 Å². The number of carbonyl (C=O) groups is 1. The van der Waals surface area contributed by atoms with Crippen LogP contribution in [-0.2, 0) is 10.0 Å². The molecule has 1 rings (SSSR count). The zero-order valence-corrected chi connectivity index (χ0v) is 14.4. The number of nitrogens with zero attached hydrogens (tertiary/aromatic N) is 1. The van der Waals surface area contributed by atoms with Crippen LogP contribution in [0.25, 0.3) is 0 Å². The summed E-state index contributed by atoms with van der Waals surface area (Å²) in [5.74, 6) is -0.309. The highest BCUT2D eigenvalue weighted by atomic mass is 32.2. The van der Waals surface area contributed by atoms with Gasteiger partial charge in [0.2, 0.25) is 10.0 Å². The number of benzene rings is 1. The molecule has 0 radical (unpaired) electrons. The molecule has 126 valence electrons. The normalized spacial score (nSPS) is 11.1. The summed E-state index contributed by atoms with van der Waals surface area (Å²) in [6.45, 7) is 2.58. The van der Waals surface area contributed by atoms with Crippen molar-refractivity contribution in [1.82, 2.24) is 4.72 Å². The SMILES string of the molecule is CCCCCCCCNS(=O)(=O)c1ccc(C(=O)CC#N)cc1. The van der Waals surface area contributed by atoms with Crippen molar-refractivity contribution >= 4 is 15.8 Å². The summed E-state index contributed by atoms with van der Waals surface area (Å²) in [6, 6.07) is 7.46. The number of Topliss-reactive ketones (excluding diaryl/α,β-unsaturated/α-hetero) is 1. The number of hydrogen-bond acceptors (Lipinski definition) is 4. The lowest BCUT2D eigenvalue weighted by molar-refractivity contribution is 0.0997. The van der Waals surface area contributed by atoms with Crippen molar-refractivity contribution in [3.8, 4) is 6.07 Å². The molecule has 1 N–H and O–H groups in total. The molecule has 1 aromatic rings. The molecule has 0 aromatic heterocycles. The third-order valence-electron chi connectivity index (χ3n) is 3.55. The van der Waals surface area contributed by atoms with Gasteiger partial charge in [0.15, 0.2) is 5.78 Å². The van der Waals surface area contributed by atoms with Gasteiger partial charge in [0.05, 0.1) is 17.4 Å². The molecule has 0 atom stereocenters. The van der Waals surface area contributed by atoms with E-state index in [9.17, 15) is 13.2 Å². The fourth-order valence-electron chi connectivity index (χ4n) is 2.19. The average molecular weight is 336 g/mol. The molecule has 0 heterocycles. The zero-order chi connectivity index (χ0) is 17.1. The number of ketones is 1. The molecule has 0 saturated carbocycles. The van der Waals surface area contributed by atoms with Gasteiger partial charge in [-0.25, -0.2) is 13.1 Å². The van der Waals surface area contributed by atoms with Crippen LogP contribution in [-0.4, -0.2) is 20.7 Å². The number of sulfonamides is 1. The van der Waals surface area contributed by atoms with Crippen molar-refractivity contribution in [1.29, 1.82) is 5.26 Å². The molecule has 0 amide bonds. The van der Waals surface area contributed by atoms with Crippen LogP contribution in [0.15, 0.2) is 29.2 Å². The van der Waals surface area contributed by atoms with Crippen molar-refractivity contribution in [2.75, 3.05) is 6.54 Å². The van der Waals surface area contributed by atoms with Gasteiger partial charge in [-0.1, -0.05) is 51.2 Å². The minimum absolute atomic E-state index is 0.136. The molecule has 6 heteroatoms. The Morgan fingerprint density at radius 2 is 1.70 bits per heavy atom. The van der Waals surface area contributed by atoms with E-state index in [2.05, 4.69) is 11.6 Å². The highest BCUT2D eigenvalue weighted by Crippen LogP contribution is 2.12. The predicted molar refractivity (Wildman–Crippen MR) is 89.6 cm³/mol. The molecule has 0 spiro atoms. The number of nitrogens with one attached hydrogen (secondary N) is 1. The lowest BCUT2D eigenvalue weighted by Crippen LogP contribution is -2.24. The standard InChI is InChI=1S/C17H24N2O3S/c1-2-3-4-5-6-7-14-19-23(21,22)16-10-8-15(9-11-16)17(20)12-13-18/h8-11,19H,2-7,12,14H2,1H3. The molecule has 0 bridgehead atoms. The second kappa shape index (κ2) is 10.1. The van der Waals surface area contributed by atoms with Crippen molar-refractivity contribution in [3.63, 3.8) is 0 Å². The Morgan fingerprint density at radius 3 is 2.30 bits per heavy atom. The molecular formula is C17H24N2O3S. The Hall–Kier alpha value is -1.71. The maximum absolute atomic E-state index is 12.1. The molecule has 0 aliphatic carbocycles. The number of rotatable bonds is 11. The molecule has 1 aromatic carbocycles. The molecular weight excluding hydrogens is 312 g/mol. The van der Waals surface area contributed by atoms with Crippen molar-refractivity contribution in [3.05, 3.63) is 29.8 Å². The van der Waals surface area contributed by atoms with Crippen LogP contribution in [0.4, 0.5) is 0 Å². The van der Waals surface area contributed by atoms with E-state index in [0.29, 0.717) is 12.1 Å². The van der Waals surface area contributed by atoms with Gasteiger partial charge in [0.1, 0.15) is 0 Å². The quantitative estimate of drug-likeness (QED) is 0.495. The van der Waals surface area contributed by atoms with Gasteiger partial charge in [0.25, 0.3) is 0 Å². The van der Waals surface area contributed by atoms with Crippen molar-refractivity contribution in [2.45, 2.75) is 56.8 Å². The minimum Gasteiger partial charge on any atom is -0.293 e. The summed E-state index contributed by atoms with van der Waals surface area (Å²) >= 11 is 0. The summed E-state index contributed by atoms with van der Waals surface area (Å²) in [4.78, 5) is 11.7. The summed E-state index contributed by atoms with van der Waals surface area (Å²) in [5, 5.41) is 8.49. The smallest absolute Gasteiger partial charge is 0.240 e. The van der Waals surface area contributed by atoms with Crippen molar-refractivity contribution in [2.24, 2.45) is 0 Å². The highest BCUT2D eigenvalue weighted by Gasteiger charge is 2.14. The average Bonchev–Trinajstić information content (AvgIpc) is 2.54. The topological polar surface area (TPSA) is 87.0 Å². The summed E-state index contributed by atoms with van der Waals surface area (Å²) in [6.07, 6.45) is 6.38. The van der Waals surface area contributed by atoms with Crippen LogP contribution in [0.3, 0.4) is 0 Å². The van der Waals surface area contributed by atoms with Gasteiger partial charge >= 0.3 is 0 Å². The van der Waals surface area contributed by atoms with Crippen LogP contribution in [0.2, 0.25) is 0 Å².